The molecule has 1 fully saturated rings. The molecule has 0 spiro atoms. The molecule has 0 saturated carbocycles. The van der Waals surface area contributed by atoms with Crippen LogP contribution in [0.25, 0.3) is 0 Å². The Labute approximate surface area is 115 Å². The molecule has 0 aromatic heterocycles. The van der Waals surface area contributed by atoms with Gasteiger partial charge in [0, 0.05) is 18.5 Å². The SMILES string of the molecule is CS(=O)(=O)CCN1CCC(c2cccc(N)c2)CC1. The third-order valence-electron chi connectivity index (χ3n) is 3.75. The normalized spacial score (nSPS) is 18.6. The molecule has 0 unspecified atom stereocenters. The van der Waals surface area contributed by atoms with Crippen LogP contribution < -0.4 is 5.73 Å². The largest absolute Gasteiger partial charge is 0.399 e. The van der Waals surface area contributed by atoms with Crippen molar-refractivity contribution in [3.05, 3.63) is 29.8 Å². The van der Waals surface area contributed by atoms with Gasteiger partial charge in [0.05, 0.1) is 5.75 Å². The summed E-state index contributed by atoms with van der Waals surface area (Å²) in [7, 11) is -2.85. The minimum Gasteiger partial charge on any atom is -0.399 e. The van der Waals surface area contributed by atoms with Gasteiger partial charge in [-0.25, -0.2) is 8.42 Å². The van der Waals surface area contributed by atoms with Gasteiger partial charge >= 0.3 is 0 Å². The van der Waals surface area contributed by atoms with Crippen molar-refractivity contribution >= 4 is 15.5 Å². The summed E-state index contributed by atoms with van der Waals surface area (Å²) in [4.78, 5) is 2.24. The lowest BCUT2D eigenvalue weighted by Crippen LogP contribution is -2.36. The van der Waals surface area contributed by atoms with Gasteiger partial charge in [-0.2, -0.15) is 0 Å². The van der Waals surface area contributed by atoms with Gasteiger partial charge in [0.25, 0.3) is 0 Å². The standard InChI is InChI=1S/C14H22N2O2S/c1-19(17,18)10-9-16-7-5-12(6-8-16)13-3-2-4-14(15)11-13/h2-4,11-12H,5-10,15H2,1H3. The van der Waals surface area contributed by atoms with Crippen molar-refractivity contribution in [3.8, 4) is 0 Å². The minimum absolute atomic E-state index is 0.260. The summed E-state index contributed by atoms with van der Waals surface area (Å²) in [5.74, 6) is 0.814. The van der Waals surface area contributed by atoms with E-state index in [1.165, 1.54) is 11.8 Å². The van der Waals surface area contributed by atoms with E-state index in [0.717, 1.165) is 31.6 Å². The molecule has 0 radical (unpaired) electrons. The molecule has 4 nitrogen and oxygen atoms in total. The van der Waals surface area contributed by atoms with Crippen LogP contribution in [0.1, 0.15) is 24.3 Å². The number of sulfone groups is 1. The van der Waals surface area contributed by atoms with Crippen LogP contribution in [0.15, 0.2) is 24.3 Å². The van der Waals surface area contributed by atoms with Crippen molar-refractivity contribution in [1.29, 1.82) is 0 Å². The maximum atomic E-state index is 11.2. The highest BCUT2D eigenvalue weighted by atomic mass is 32.2. The number of nitrogen functional groups attached to an aromatic ring is 1. The quantitative estimate of drug-likeness (QED) is 0.850. The van der Waals surface area contributed by atoms with E-state index in [0.29, 0.717) is 12.5 Å². The number of benzene rings is 1. The number of nitrogens with two attached hydrogens (primary N) is 1. The second-order valence-electron chi connectivity index (χ2n) is 5.42. The molecule has 1 heterocycles. The van der Waals surface area contributed by atoms with Crippen LogP contribution in [0.3, 0.4) is 0 Å². The first-order valence-electron chi connectivity index (χ1n) is 6.69. The van der Waals surface area contributed by atoms with E-state index < -0.39 is 9.84 Å². The topological polar surface area (TPSA) is 63.4 Å². The zero-order valence-corrected chi connectivity index (χ0v) is 12.2. The second kappa shape index (κ2) is 5.92. The maximum Gasteiger partial charge on any atom is 0.148 e. The van der Waals surface area contributed by atoms with Gasteiger partial charge in [-0.15, -0.1) is 0 Å². The Morgan fingerprint density at radius 2 is 2.00 bits per heavy atom. The molecule has 1 aliphatic heterocycles. The van der Waals surface area contributed by atoms with Gasteiger partial charge < -0.3 is 10.6 Å². The van der Waals surface area contributed by atoms with Crippen LogP contribution in [-0.2, 0) is 9.84 Å². The van der Waals surface area contributed by atoms with E-state index in [9.17, 15) is 8.42 Å². The lowest BCUT2D eigenvalue weighted by molar-refractivity contribution is 0.223. The van der Waals surface area contributed by atoms with Crippen LogP contribution in [0.5, 0.6) is 0 Å². The monoisotopic (exact) mass is 282 g/mol. The molecule has 19 heavy (non-hydrogen) atoms. The first-order valence-corrected chi connectivity index (χ1v) is 8.75. The summed E-state index contributed by atoms with van der Waals surface area (Å²) in [5.41, 5.74) is 7.94. The smallest absolute Gasteiger partial charge is 0.148 e. The molecule has 0 bridgehead atoms. The third-order valence-corrected chi connectivity index (χ3v) is 4.67. The number of nitrogens with zero attached hydrogens (tertiary/aromatic N) is 1. The van der Waals surface area contributed by atoms with Crippen molar-refractivity contribution in [2.24, 2.45) is 0 Å². The van der Waals surface area contributed by atoms with Crippen molar-refractivity contribution in [1.82, 2.24) is 4.90 Å². The van der Waals surface area contributed by atoms with Crippen LogP contribution in [0.2, 0.25) is 0 Å². The van der Waals surface area contributed by atoms with Gasteiger partial charge in [-0.3, -0.25) is 0 Å². The van der Waals surface area contributed by atoms with Crippen molar-refractivity contribution in [3.63, 3.8) is 0 Å². The first-order chi connectivity index (χ1) is 8.94. The summed E-state index contributed by atoms with van der Waals surface area (Å²) < 4.78 is 22.3. The highest BCUT2D eigenvalue weighted by Gasteiger charge is 2.21. The predicted molar refractivity (Wildman–Crippen MR) is 79.0 cm³/mol. The first kappa shape index (κ1) is 14.3. The van der Waals surface area contributed by atoms with Crippen LogP contribution in [0.4, 0.5) is 5.69 Å². The Hall–Kier alpha value is -1.07. The highest BCUT2D eigenvalue weighted by Crippen LogP contribution is 2.28. The summed E-state index contributed by atoms with van der Waals surface area (Å²) in [5, 5.41) is 0. The highest BCUT2D eigenvalue weighted by molar-refractivity contribution is 7.90. The average molecular weight is 282 g/mol. The van der Waals surface area contributed by atoms with Crippen molar-refractivity contribution in [2.75, 3.05) is 37.4 Å². The lowest BCUT2D eigenvalue weighted by Gasteiger charge is -2.32. The Bertz CT molecular complexity index is 520. The van der Waals surface area contributed by atoms with Crippen molar-refractivity contribution < 1.29 is 8.42 Å². The molecule has 0 aliphatic carbocycles. The summed E-state index contributed by atoms with van der Waals surface area (Å²) in [6, 6.07) is 8.09. The van der Waals surface area contributed by atoms with Gasteiger partial charge in [0.15, 0.2) is 0 Å². The van der Waals surface area contributed by atoms with E-state index in [-0.39, 0.29) is 5.75 Å². The number of piperidine rings is 1. The van der Waals surface area contributed by atoms with E-state index in [1.54, 1.807) is 0 Å². The molecule has 1 aliphatic rings. The number of anilines is 1. The Balaban J connectivity index is 1.86. The lowest BCUT2D eigenvalue weighted by atomic mass is 9.89. The fourth-order valence-electron chi connectivity index (χ4n) is 2.60. The average Bonchev–Trinajstić information content (AvgIpc) is 2.36. The summed E-state index contributed by atoms with van der Waals surface area (Å²) >= 11 is 0. The molecule has 2 rings (SSSR count). The molecule has 2 N–H and O–H groups in total. The molecule has 5 heteroatoms. The maximum absolute atomic E-state index is 11.2. The summed E-state index contributed by atoms with van der Waals surface area (Å²) in [6.45, 7) is 2.59. The second-order valence-corrected chi connectivity index (χ2v) is 7.68. The number of hydrogen-bond acceptors (Lipinski definition) is 4. The van der Waals surface area contributed by atoms with E-state index in [4.69, 9.17) is 5.73 Å². The number of hydrogen-bond donors (Lipinski definition) is 1. The van der Waals surface area contributed by atoms with Crippen LogP contribution >= 0.6 is 0 Å². The Morgan fingerprint density at radius 1 is 1.32 bits per heavy atom. The van der Waals surface area contributed by atoms with Gasteiger partial charge in [0.2, 0.25) is 0 Å². The molecule has 1 aromatic rings. The molecule has 1 saturated heterocycles. The van der Waals surface area contributed by atoms with E-state index >= 15 is 0 Å². The Morgan fingerprint density at radius 3 is 2.58 bits per heavy atom. The molecular formula is C14H22N2O2S. The van der Waals surface area contributed by atoms with Gasteiger partial charge in [-0.05, 0) is 49.5 Å². The molecule has 1 aromatic carbocycles. The van der Waals surface area contributed by atoms with Gasteiger partial charge in [0.1, 0.15) is 9.84 Å². The fourth-order valence-corrected chi connectivity index (χ4v) is 3.19. The number of likely N-dealkylation sites (tertiary alicyclic amines) is 1. The molecule has 0 atom stereocenters. The number of rotatable bonds is 4. The predicted octanol–water partition coefficient (Wildman–Crippen LogP) is 1.49. The van der Waals surface area contributed by atoms with Crippen molar-refractivity contribution in [2.45, 2.75) is 18.8 Å². The van der Waals surface area contributed by atoms with Gasteiger partial charge in [-0.1, -0.05) is 12.1 Å². The van der Waals surface area contributed by atoms with Crippen LogP contribution in [-0.4, -0.2) is 45.0 Å². The van der Waals surface area contributed by atoms with E-state index in [2.05, 4.69) is 17.0 Å². The van der Waals surface area contributed by atoms with Crippen LogP contribution in [0, 0.1) is 0 Å². The molecule has 0 amide bonds. The molecular weight excluding hydrogens is 260 g/mol. The minimum atomic E-state index is -2.85. The zero-order valence-electron chi connectivity index (χ0n) is 11.4. The van der Waals surface area contributed by atoms with E-state index in [1.807, 2.05) is 12.1 Å². The summed E-state index contributed by atoms with van der Waals surface area (Å²) in [6.07, 6.45) is 3.45. The third kappa shape index (κ3) is 4.51. The fraction of sp³-hybridized carbons (Fsp3) is 0.571. The Kier molecular flexibility index (Phi) is 4.47. The zero-order chi connectivity index (χ0) is 13.9. The molecule has 106 valence electrons.